The van der Waals surface area contributed by atoms with Crippen LogP contribution < -0.4 is 4.90 Å². The first-order chi connectivity index (χ1) is 12.3. The van der Waals surface area contributed by atoms with Crippen LogP contribution >= 0.6 is 0 Å². The summed E-state index contributed by atoms with van der Waals surface area (Å²) >= 11 is 0. The summed E-state index contributed by atoms with van der Waals surface area (Å²) in [5, 5.41) is 9.35. The second-order valence-electron chi connectivity index (χ2n) is 6.57. The summed E-state index contributed by atoms with van der Waals surface area (Å²) in [4.78, 5) is 17.1. The van der Waals surface area contributed by atoms with Crippen LogP contribution in [0.1, 0.15) is 18.4 Å². The van der Waals surface area contributed by atoms with Crippen LogP contribution in [0, 0.1) is 5.92 Å². The number of amides is 1. The zero-order chi connectivity index (χ0) is 17.5. The number of rotatable bonds is 6. The zero-order valence-electron chi connectivity index (χ0n) is 14.6. The van der Waals surface area contributed by atoms with Gasteiger partial charge in [0.15, 0.2) is 0 Å². The Morgan fingerprint density at radius 2 is 1.60 bits per heavy atom. The van der Waals surface area contributed by atoms with E-state index in [1.165, 1.54) is 5.69 Å². The highest BCUT2D eigenvalue weighted by atomic mass is 16.3. The average Bonchev–Trinajstić information content (AvgIpc) is 2.69. The molecule has 2 aromatic carbocycles. The highest BCUT2D eigenvalue weighted by Gasteiger charge is 2.28. The molecule has 1 amide bonds. The summed E-state index contributed by atoms with van der Waals surface area (Å²) in [6.45, 7) is 2.77. The molecule has 1 aliphatic rings. The zero-order valence-corrected chi connectivity index (χ0v) is 14.6. The van der Waals surface area contributed by atoms with Gasteiger partial charge in [-0.2, -0.15) is 0 Å². The van der Waals surface area contributed by atoms with Crippen molar-refractivity contribution < 1.29 is 9.90 Å². The van der Waals surface area contributed by atoms with E-state index in [1.54, 1.807) is 4.90 Å². The van der Waals surface area contributed by atoms with Gasteiger partial charge in [-0.1, -0.05) is 48.5 Å². The predicted octanol–water partition coefficient (Wildman–Crippen LogP) is 2.92. The quantitative estimate of drug-likeness (QED) is 0.881. The number of nitrogens with zero attached hydrogens (tertiary/aromatic N) is 2. The maximum absolute atomic E-state index is 12.9. The molecule has 0 atom stereocenters. The highest BCUT2D eigenvalue weighted by molar-refractivity contribution is 5.79. The largest absolute Gasteiger partial charge is 0.395 e. The van der Waals surface area contributed by atoms with Crippen LogP contribution in [0.25, 0.3) is 0 Å². The SMILES string of the molecule is O=C(C1CCN(c2ccccc2)CC1)N(CCO)Cc1ccccc1. The lowest BCUT2D eigenvalue weighted by Crippen LogP contribution is -2.43. The molecule has 3 rings (SSSR count). The molecule has 25 heavy (non-hydrogen) atoms. The first-order valence-electron chi connectivity index (χ1n) is 9.01. The van der Waals surface area contributed by atoms with Crippen molar-refractivity contribution in [1.29, 1.82) is 0 Å². The van der Waals surface area contributed by atoms with Gasteiger partial charge < -0.3 is 14.9 Å². The normalized spacial score (nSPS) is 15.2. The summed E-state index contributed by atoms with van der Waals surface area (Å²) in [5.41, 5.74) is 2.33. The number of carbonyl (C=O) groups excluding carboxylic acids is 1. The van der Waals surface area contributed by atoms with Crippen molar-refractivity contribution in [2.45, 2.75) is 19.4 Å². The van der Waals surface area contributed by atoms with Crippen LogP contribution in [0.4, 0.5) is 5.69 Å². The van der Waals surface area contributed by atoms with Crippen molar-refractivity contribution in [3.63, 3.8) is 0 Å². The summed E-state index contributed by atoms with van der Waals surface area (Å²) in [5.74, 6) is 0.223. The third kappa shape index (κ3) is 4.60. The molecule has 0 unspecified atom stereocenters. The second kappa shape index (κ2) is 8.67. The molecule has 0 aromatic heterocycles. The number of anilines is 1. The molecule has 0 radical (unpaired) electrons. The number of para-hydroxylation sites is 1. The Morgan fingerprint density at radius 3 is 2.20 bits per heavy atom. The maximum atomic E-state index is 12.9. The number of aliphatic hydroxyl groups is 1. The average molecular weight is 338 g/mol. The molecule has 2 aromatic rings. The van der Waals surface area contributed by atoms with E-state index in [-0.39, 0.29) is 18.4 Å². The minimum Gasteiger partial charge on any atom is -0.395 e. The molecule has 1 saturated heterocycles. The maximum Gasteiger partial charge on any atom is 0.226 e. The van der Waals surface area contributed by atoms with Crippen LogP contribution in [0.5, 0.6) is 0 Å². The summed E-state index contributed by atoms with van der Waals surface area (Å²) < 4.78 is 0. The van der Waals surface area contributed by atoms with Gasteiger partial charge in [0.2, 0.25) is 5.91 Å². The first kappa shape index (κ1) is 17.5. The molecule has 0 saturated carbocycles. The van der Waals surface area contributed by atoms with Crippen molar-refractivity contribution >= 4 is 11.6 Å². The summed E-state index contributed by atoms with van der Waals surface area (Å²) in [6.07, 6.45) is 1.73. The van der Waals surface area contributed by atoms with E-state index in [4.69, 9.17) is 0 Å². The van der Waals surface area contributed by atoms with E-state index in [1.807, 2.05) is 36.4 Å². The number of carbonyl (C=O) groups is 1. The van der Waals surface area contributed by atoms with Crippen LogP contribution in [0.15, 0.2) is 60.7 Å². The van der Waals surface area contributed by atoms with Gasteiger partial charge in [-0.3, -0.25) is 4.79 Å². The molecule has 1 heterocycles. The molecule has 0 bridgehead atoms. The smallest absolute Gasteiger partial charge is 0.226 e. The van der Waals surface area contributed by atoms with Gasteiger partial charge in [0.05, 0.1) is 6.61 Å². The van der Waals surface area contributed by atoms with Crippen molar-refractivity contribution in [1.82, 2.24) is 4.90 Å². The van der Waals surface area contributed by atoms with Gasteiger partial charge in [0.25, 0.3) is 0 Å². The fourth-order valence-corrected chi connectivity index (χ4v) is 3.47. The van der Waals surface area contributed by atoms with E-state index in [0.717, 1.165) is 31.5 Å². The molecule has 1 N–H and O–H groups in total. The number of aliphatic hydroxyl groups excluding tert-OH is 1. The van der Waals surface area contributed by atoms with E-state index >= 15 is 0 Å². The van der Waals surface area contributed by atoms with Gasteiger partial charge in [-0.25, -0.2) is 0 Å². The standard InChI is InChI=1S/C21H26N2O2/c24-16-15-23(17-18-7-3-1-4-8-18)21(25)19-11-13-22(14-12-19)20-9-5-2-6-10-20/h1-10,19,24H,11-17H2. The Bertz CT molecular complexity index is 652. The monoisotopic (exact) mass is 338 g/mol. The van der Waals surface area contributed by atoms with Gasteiger partial charge in [-0.15, -0.1) is 0 Å². The van der Waals surface area contributed by atoms with E-state index in [9.17, 15) is 9.90 Å². The molecule has 132 valence electrons. The van der Waals surface area contributed by atoms with Crippen molar-refractivity contribution in [3.05, 3.63) is 66.2 Å². The molecule has 1 aliphatic heterocycles. The van der Waals surface area contributed by atoms with E-state index in [0.29, 0.717) is 13.1 Å². The Morgan fingerprint density at radius 1 is 1.00 bits per heavy atom. The van der Waals surface area contributed by atoms with Gasteiger partial charge in [0, 0.05) is 37.8 Å². The number of benzene rings is 2. The Labute approximate surface area is 149 Å². The Hall–Kier alpha value is -2.33. The lowest BCUT2D eigenvalue weighted by molar-refractivity contribution is -0.137. The fraction of sp³-hybridized carbons (Fsp3) is 0.381. The molecule has 0 aliphatic carbocycles. The minimum atomic E-state index is 0.00142. The van der Waals surface area contributed by atoms with Crippen LogP contribution in [0.3, 0.4) is 0 Å². The van der Waals surface area contributed by atoms with Crippen molar-refractivity contribution in [2.24, 2.45) is 5.92 Å². The van der Waals surface area contributed by atoms with E-state index in [2.05, 4.69) is 29.2 Å². The van der Waals surface area contributed by atoms with Gasteiger partial charge in [-0.05, 0) is 30.5 Å². The minimum absolute atomic E-state index is 0.00142. The number of hydrogen-bond donors (Lipinski definition) is 1. The lowest BCUT2D eigenvalue weighted by Gasteiger charge is -2.35. The topological polar surface area (TPSA) is 43.8 Å². The molecular weight excluding hydrogens is 312 g/mol. The van der Waals surface area contributed by atoms with Crippen molar-refractivity contribution in [3.8, 4) is 0 Å². The number of piperidine rings is 1. The van der Waals surface area contributed by atoms with Crippen LogP contribution in [-0.2, 0) is 11.3 Å². The third-order valence-corrected chi connectivity index (χ3v) is 4.86. The summed E-state index contributed by atoms with van der Waals surface area (Å²) in [6, 6.07) is 20.4. The predicted molar refractivity (Wildman–Crippen MR) is 100 cm³/mol. The highest BCUT2D eigenvalue weighted by Crippen LogP contribution is 2.25. The Kier molecular flexibility index (Phi) is 6.07. The molecule has 4 nitrogen and oxygen atoms in total. The molecule has 4 heteroatoms. The Balaban J connectivity index is 1.59. The van der Waals surface area contributed by atoms with Gasteiger partial charge >= 0.3 is 0 Å². The molecule has 0 spiro atoms. The summed E-state index contributed by atoms with van der Waals surface area (Å²) in [7, 11) is 0. The third-order valence-electron chi connectivity index (χ3n) is 4.86. The van der Waals surface area contributed by atoms with Crippen LogP contribution in [0.2, 0.25) is 0 Å². The van der Waals surface area contributed by atoms with Crippen LogP contribution in [-0.4, -0.2) is 42.2 Å². The fourth-order valence-electron chi connectivity index (χ4n) is 3.47. The first-order valence-corrected chi connectivity index (χ1v) is 9.01. The van der Waals surface area contributed by atoms with Crippen molar-refractivity contribution in [2.75, 3.05) is 31.1 Å². The van der Waals surface area contributed by atoms with E-state index < -0.39 is 0 Å². The lowest BCUT2D eigenvalue weighted by atomic mass is 9.94. The van der Waals surface area contributed by atoms with Gasteiger partial charge in [0.1, 0.15) is 0 Å². The molecule has 1 fully saturated rings. The second-order valence-corrected chi connectivity index (χ2v) is 6.57. The number of hydrogen-bond acceptors (Lipinski definition) is 3. The molecular formula is C21H26N2O2.